The van der Waals surface area contributed by atoms with E-state index in [1.807, 2.05) is 35.5 Å². The first-order valence-electron chi connectivity index (χ1n) is 9.16. The van der Waals surface area contributed by atoms with Crippen LogP contribution in [0.1, 0.15) is 54.0 Å². The lowest BCUT2D eigenvalue weighted by molar-refractivity contribution is 0.0705. The zero-order chi connectivity index (χ0) is 17.7. The van der Waals surface area contributed by atoms with E-state index in [1.54, 1.807) is 0 Å². The Morgan fingerprint density at radius 3 is 2.73 bits per heavy atom. The fraction of sp³-hybridized carbons (Fsp3) is 0.421. The molecule has 3 heterocycles. The second kappa shape index (κ2) is 6.23. The lowest BCUT2D eigenvalue weighted by Crippen LogP contribution is -2.38. The van der Waals surface area contributed by atoms with Crippen LogP contribution < -0.4 is 0 Å². The van der Waals surface area contributed by atoms with Crippen LogP contribution in [-0.4, -0.2) is 43.6 Å². The van der Waals surface area contributed by atoms with Gasteiger partial charge in [0.1, 0.15) is 17.8 Å². The molecule has 1 aliphatic carbocycles. The van der Waals surface area contributed by atoms with Gasteiger partial charge < -0.3 is 14.5 Å². The summed E-state index contributed by atoms with van der Waals surface area (Å²) in [5.74, 6) is 1.59. The molecular weight excluding hydrogens is 394 g/mol. The maximum Gasteiger partial charge on any atom is 0.270 e. The molecule has 5 rings (SSSR count). The van der Waals surface area contributed by atoms with E-state index < -0.39 is 0 Å². The lowest BCUT2D eigenvalue weighted by Gasteiger charge is -2.31. The summed E-state index contributed by atoms with van der Waals surface area (Å²) in [6.07, 6.45) is 6.23. The number of halogens is 1. The van der Waals surface area contributed by atoms with E-state index in [1.165, 1.54) is 12.8 Å². The summed E-state index contributed by atoms with van der Waals surface area (Å²) in [7, 11) is 0. The van der Waals surface area contributed by atoms with Gasteiger partial charge in [-0.3, -0.25) is 4.79 Å². The minimum absolute atomic E-state index is 0.0789. The van der Waals surface area contributed by atoms with Crippen LogP contribution in [0, 0.1) is 0 Å². The van der Waals surface area contributed by atoms with Gasteiger partial charge in [-0.2, -0.15) is 0 Å². The zero-order valence-corrected chi connectivity index (χ0v) is 15.9. The fourth-order valence-electron chi connectivity index (χ4n) is 3.92. The van der Waals surface area contributed by atoms with Gasteiger partial charge in [0.2, 0.25) is 0 Å². The number of rotatable bonds is 3. The summed E-state index contributed by atoms with van der Waals surface area (Å²) in [5.41, 5.74) is 1.64. The molecule has 1 amide bonds. The van der Waals surface area contributed by atoms with Crippen LogP contribution in [-0.2, 0) is 0 Å². The molecule has 0 radical (unpaired) electrons. The van der Waals surface area contributed by atoms with Gasteiger partial charge in [0.05, 0.1) is 0 Å². The van der Waals surface area contributed by atoms with Gasteiger partial charge in [-0.05, 0) is 43.9 Å². The third-order valence-corrected chi connectivity index (χ3v) is 6.22. The highest BCUT2D eigenvalue weighted by Gasteiger charge is 2.32. The molecule has 7 heteroatoms. The predicted octanol–water partition coefficient (Wildman–Crippen LogP) is 3.88. The minimum atomic E-state index is 0.0789. The number of nitrogens with one attached hydrogen (secondary N) is 1. The summed E-state index contributed by atoms with van der Waals surface area (Å²) in [6.45, 7) is 1.52. The van der Waals surface area contributed by atoms with Crippen molar-refractivity contribution in [3.05, 3.63) is 46.6 Å². The molecule has 1 saturated carbocycles. The number of aromatic amines is 1. The van der Waals surface area contributed by atoms with E-state index in [2.05, 4.69) is 35.7 Å². The van der Waals surface area contributed by atoms with Crippen LogP contribution in [0.4, 0.5) is 0 Å². The van der Waals surface area contributed by atoms with Crippen LogP contribution in [0.15, 0.2) is 35.1 Å². The van der Waals surface area contributed by atoms with E-state index in [0.717, 1.165) is 47.1 Å². The second-order valence-corrected chi connectivity index (χ2v) is 8.13. The van der Waals surface area contributed by atoms with Crippen LogP contribution in [0.5, 0.6) is 0 Å². The molecular formula is C19H20BrN5O. The zero-order valence-electron chi connectivity index (χ0n) is 14.4. The van der Waals surface area contributed by atoms with E-state index in [0.29, 0.717) is 17.7 Å². The van der Waals surface area contributed by atoms with E-state index >= 15 is 0 Å². The second-order valence-electron chi connectivity index (χ2n) is 7.28. The molecule has 0 spiro atoms. The molecule has 0 bridgehead atoms. The normalized spacial score (nSPS) is 18.6. The predicted molar refractivity (Wildman–Crippen MR) is 102 cm³/mol. The maximum absolute atomic E-state index is 12.9. The van der Waals surface area contributed by atoms with Crippen molar-refractivity contribution in [3.8, 4) is 0 Å². The Labute approximate surface area is 159 Å². The molecule has 0 atom stereocenters. The summed E-state index contributed by atoms with van der Waals surface area (Å²) >= 11 is 3.55. The number of likely N-dealkylation sites (tertiary alicyclic amines) is 1. The average Bonchev–Trinajstić information content (AvgIpc) is 3.22. The lowest BCUT2D eigenvalue weighted by atomic mass is 9.95. The first-order valence-corrected chi connectivity index (χ1v) is 9.96. The van der Waals surface area contributed by atoms with Crippen molar-refractivity contribution in [2.45, 2.75) is 37.6 Å². The van der Waals surface area contributed by atoms with Crippen LogP contribution in [0.25, 0.3) is 10.9 Å². The van der Waals surface area contributed by atoms with Crippen molar-refractivity contribution in [2.75, 3.05) is 13.1 Å². The standard InChI is InChI=1S/C19H20BrN5O/c20-15-2-1-3-16-14(15)10-17(22-16)19(26)24-8-6-12(7-9-24)18-23-21-11-25(18)13-4-5-13/h1-3,10-13,22H,4-9H2. The van der Waals surface area contributed by atoms with Gasteiger partial charge in [-0.25, -0.2) is 0 Å². The molecule has 3 aromatic rings. The number of carbonyl (C=O) groups excluding carboxylic acids is 1. The first kappa shape index (κ1) is 16.1. The van der Waals surface area contributed by atoms with E-state index in [-0.39, 0.29) is 5.91 Å². The van der Waals surface area contributed by atoms with Gasteiger partial charge in [-0.15, -0.1) is 10.2 Å². The quantitative estimate of drug-likeness (QED) is 0.708. The molecule has 2 aromatic heterocycles. The van der Waals surface area contributed by atoms with Gasteiger partial charge in [0.15, 0.2) is 0 Å². The Morgan fingerprint density at radius 1 is 1.19 bits per heavy atom. The third-order valence-electron chi connectivity index (χ3n) is 5.53. The molecule has 1 aliphatic heterocycles. The van der Waals surface area contributed by atoms with Crippen molar-refractivity contribution in [3.63, 3.8) is 0 Å². The SMILES string of the molecule is O=C(c1cc2c(Br)cccc2[nH]1)N1CCC(c2nncn2C2CC2)CC1. The molecule has 1 saturated heterocycles. The Kier molecular flexibility index (Phi) is 3.85. The molecule has 2 fully saturated rings. The number of piperidine rings is 1. The highest BCUT2D eigenvalue weighted by atomic mass is 79.9. The number of fused-ring (bicyclic) bond motifs is 1. The molecule has 1 N–H and O–H groups in total. The van der Waals surface area contributed by atoms with E-state index in [9.17, 15) is 4.79 Å². The molecule has 2 aliphatic rings. The smallest absolute Gasteiger partial charge is 0.270 e. The number of benzene rings is 1. The van der Waals surface area contributed by atoms with Gasteiger partial charge in [0, 0.05) is 40.4 Å². The maximum atomic E-state index is 12.9. The third kappa shape index (κ3) is 2.74. The molecule has 0 unspecified atom stereocenters. The largest absolute Gasteiger partial charge is 0.350 e. The number of nitrogens with zero attached hydrogens (tertiary/aromatic N) is 4. The molecule has 26 heavy (non-hydrogen) atoms. The van der Waals surface area contributed by atoms with Crippen molar-refractivity contribution in [1.82, 2.24) is 24.6 Å². The molecule has 6 nitrogen and oxygen atoms in total. The van der Waals surface area contributed by atoms with Crippen molar-refractivity contribution in [1.29, 1.82) is 0 Å². The number of aromatic nitrogens is 4. The summed E-state index contributed by atoms with van der Waals surface area (Å²) in [4.78, 5) is 18.1. The Hall–Kier alpha value is -2.15. The first-order chi connectivity index (χ1) is 12.7. The topological polar surface area (TPSA) is 66.8 Å². The van der Waals surface area contributed by atoms with Crippen molar-refractivity contribution in [2.24, 2.45) is 0 Å². The van der Waals surface area contributed by atoms with Crippen molar-refractivity contribution >= 4 is 32.7 Å². The summed E-state index contributed by atoms with van der Waals surface area (Å²) in [6, 6.07) is 8.50. The number of hydrogen-bond acceptors (Lipinski definition) is 3. The van der Waals surface area contributed by atoms with Crippen molar-refractivity contribution < 1.29 is 4.79 Å². The highest BCUT2D eigenvalue weighted by Crippen LogP contribution is 2.38. The monoisotopic (exact) mass is 413 g/mol. The van der Waals surface area contributed by atoms with Gasteiger partial charge in [-0.1, -0.05) is 22.0 Å². The van der Waals surface area contributed by atoms with Crippen LogP contribution in [0.3, 0.4) is 0 Å². The number of H-pyrrole nitrogens is 1. The van der Waals surface area contributed by atoms with Crippen LogP contribution >= 0.6 is 15.9 Å². The molecule has 1 aromatic carbocycles. The summed E-state index contributed by atoms with van der Waals surface area (Å²) < 4.78 is 3.25. The van der Waals surface area contributed by atoms with Gasteiger partial charge in [0.25, 0.3) is 5.91 Å². The van der Waals surface area contributed by atoms with E-state index in [4.69, 9.17) is 0 Å². The van der Waals surface area contributed by atoms with Crippen LogP contribution in [0.2, 0.25) is 0 Å². The molecule has 134 valence electrons. The Balaban J connectivity index is 1.30. The summed E-state index contributed by atoms with van der Waals surface area (Å²) in [5, 5.41) is 9.53. The number of hydrogen-bond donors (Lipinski definition) is 1. The van der Waals surface area contributed by atoms with Gasteiger partial charge >= 0.3 is 0 Å². The number of amides is 1. The Morgan fingerprint density at radius 2 is 2.00 bits per heavy atom. The minimum Gasteiger partial charge on any atom is -0.350 e. The number of carbonyl (C=O) groups is 1. The fourth-order valence-corrected chi connectivity index (χ4v) is 4.40. The Bertz CT molecular complexity index is 965. The highest BCUT2D eigenvalue weighted by molar-refractivity contribution is 9.10. The average molecular weight is 414 g/mol.